The third kappa shape index (κ3) is 11.4. The SMILES string of the molecule is BC(=O)OCc1ccc(O[C@@H]2O[C@H](C(=O)O)[C@@H](OC=O)[C@H](OC=O)[C@H]2OC=O)c(NC(=O)CCNC(=O)C(N)CCCCN)c1. The highest BCUT2D eigenvalue weighted by molar-refractivity contribution is 6.55. The molecule has 1 aliphatic rings. The van der Waals surface area contributed by atoms with Gasteiger partial charge in [0.15, 0.2) is 18.3 Å². The zero-order valence-corrected chi connectivity index (χ0v) is 24.3. The fourth-order valence-electron chi connectivity index (χ4n) is 4.20. The number of carboxylic acids is 1. The predicted molar refractivity (Wildman–Crippen MR) is 152 cm³/mol. The second-order valence-corrected chi connectivity index (χ2v) is 9.56. The zero-order chi connectivity index (χ0) is 33.4. The molecule has 0 spiro atoms. The van der Waals surface area contributed by atoms with Gasteiger partial charge >= 0.3 is 5.97 Å². The molecule has 0 aromatic heterocycles. The molecule has 45 heavy (non-hydrogen) atoms. The predicted octanol–water partition coefficient (Wildman–Crippen LogP) is -2.33. The van der Waals surface area contributed by atoms with E-state index in [1.165, 1.54) is 26.0 Å². The number of hydrogen-bond donors (Lipinski definition) is 5. The standard InChI is InChI=1S/C26H35BN4O14/c27-26(39)40-10-14-4-5-17(16(9-14)31-18(35)6-8-30-23(36)15(29)3-1-2-7-28)44-25-22(43-13-34)20(42-12-33)19(41-11-32)21(45-25)24(37)38/h4-5,9,11-13,15,19-22,25H,1-3,6-8,10,27-29H2,(H,30,36)(H,31,35)(H,37,38)/t15?,19-,20-,21-,22+,25+/m0/s1. The van der Waals surface area contributed by atoms with E-state index in [-0.39, 0.29) is 50.4 Å². The molecule has 1 heterocycles. The quantitative estimate of drug-likeness (QED) is 0.0434. The number of nitrogens with one attached hydrogen (secondary N) is 2. The van der Waals surface area contributed by atoms with E-state index in [0.29, 0.717) is 31.4 Å². The van der Waals surface area contributed by atoms with E-state index in [1.807, 2.05) is 0 Å². The van der Waals surface area contributed by atoms with Crippen LogP contribution in [-0.2, 0) is 59.1 Å². The first-order valence-electron chi connectivity index (χ1n) is 13.7. The van der Waals surface area contributed by atoms with Gasteiger partial charge in [0.2, 0.25) is 37.9 Å². The van der Waals surface area contributed by atoms with Gasteiger partial charge in [0, 0.05) is 13.0 Å². The van der Waals surface area contributed by atoms with Gasteiger partial charge in [-0.2, -0.15) is 0 Å². The van der Waals surface area contributed by atoms with Crippen molar-refractivity contribution in [3.05, 3.63) is 23.8 Å². The van der Waals surface area contributed by atoms with E-state index < -0.39 is 60.4 Å². The normalized spacial score (nSPS) is 21.2. The Morgan fingerprint density at radius 1 is 1.02 bits per heavy atom. The van der Waals surface area contributed by atoms with Gasteiger partial charge in [-0.3, -0.25) is 28.8 Å². The number of nitrogens with two attached hydrogens (primary N) is 2. The highest BCUT2D eigenvalue weighted by Gasteiger charge is 2.54. The average Bonchev–Trinajstić information content (AvgIpc) is 2.99. The molecule has 0 saturated carbocycles. The third-order valence-electron chi connectivity index (χ3n) is 6.34. The maximum Gasteiger partial charge on any atom is 0.337 e. The molecule has 0 bridgehead atoms. The molecule has 1 aromatic rings. The Balaban J connectivity index is 2.29. The van der Waals surface area contributed by atoms with Gasteiger partial charge in [0.05, 0.1) is 11.7 Å². The van der Waals surface area contributed by atoms with E-state index in [2.05, 4.69) is 10.6 Å². The number of aliphatic carboxylic acids is 1. The number of benzene rings is 1. The Kier molecular flexibility index (Phi) is 15.2. The molecule has 0 aliphatic carbocycles. The van der Waals surface area contributed by atoms with Crippen molar-refractivity contribution in [2.45, 2.75) is 69.0 Å². The zero-order valence-electron chi connectivity index (χ0n) is 24.3. The van der Waals surface area contributed by atoms with Crippen LogP contribution in [0.3, 0.4) is 0 Å². The lowest BCUT2D eigenvalue weighted by atomic mass is 9.98. The minimum atomic E-state index is -1.94. The Labute approximate surface area is 257 Å². The summed E-state index contributed by atoms with van der Waals surface area (Å²) < 4.78 is 30.9. The Morgan fingerprint density at radius 2 is 1.69 bits per heavy atom. The topological polar surface area (TPSA) is 271 Å². The molecule has 0 radical (unpaired) electrons. The molecular weight excluding hydrogens is 603 g/mol. The molecule has 1 fully saturated rings. The average molecular weight is 638 g/mol. The van der Waals surface area contributed by atoms with Gasteiger partial charge in [-0.1, -0.05) is 12.5 Å². The maximum atomic E-state index is 12.8. The van der Waals surface area contributed by atoms with E-state index in [0.717, 1.165) is 0 Å². The van der Waals surface area contributed by atoms with Gasteiger partial charge in [-0.15, -0.1) is 0 Å². The van der Waals surface area contributed by atoms with Crippen molar-refractivity contribution in [1.82, 2.24) is 5.32 Å². The van der Waals surface area contributed by atoms with Crippen molar-refractivity contribution in [3.63, 3.8) is 0 Å². The van der Waals surface area contributed by atoms with E-state index in [9.17, 15) is 38.7 Å². The summed E-state index contributed by atoms with van der Waals surface area (Å²) in [6.45, 7) is 0.000647. The smallest absolute Gasteiger partial charge is 0.337 e. The van der Waals surface area contributed by atoms with Crippen molar-refractivity contribution in [1.29, 1.82) is 0 Å². The maximum absolute atomic E-state index is 12.8. The van der Waals surface area contributed by atoms with Crippen molar-refractivity contribution < 1.29 is 67.1 Å². The fourth-order valence-corrected chi connectivity index (χ4v) is 4.20. The Morgan fingerprint density at radius 3 is 2.31 bits per heavy atom. The van der Waals surface area contributed by atoms with Gasteiger partial charge in [0.1, 0.15) is 12.4 Å². The van der Waals surface area contributed by atoms with E-state index >= 15 is 0 Å². The Hall–Kier alpha value is -4.75. The van der Waals surface area contributed by atoms with Crippen LogP contribution in [0.4, 0.5) is 10.5 Å². The summed E-state index contributed by atoms with van der Waals surface area (Å²) in [6.07, 6.45) is -7.17. The van der Waals surface area contributed by atoms with Crippen LogP contribution in [-0.4, -0.2) is 106 Å². The highest BCUT2D eigenvalue weighted by atomic mass is 16.7. The molecule has 2 amide bonds. The number of anilines is 1. The molecule has 1 aromatic carbocycles. The number of unbranched alkanes of at least 4 members (excludes halogenated alkanes) is 1. The molecule has 19 heteroatoms. The molecule has 6 atom stereocenters. The first kappa shape index (κ1) is 36.4. The number of carboxylic acid groups (broad SMARTS) is 1. The summed E-state index contributed by atoms with van der Waals surface area (Å²) in [4.78, 5) is 81.8. The second kappa shape index (κ2) is 18.8. The number of carbonyl (C=O) groups is 7. The van der Waals surface area contributed by atoms with Crippen LogP contribution < -0.4 is 26.8 Å². The molecule has 7 N–H and O–H groups in total. The second-order valence-electron chi connectivity index (χ2n) is 9.56. The molecule has 2 rings (SSSR count). The van der Waals surface area contributed by atoms with Crippen molar-refractivity contribution >= 4 is 56.6 Å². The van der Waals surface area contributed by atoms with Crippen LogP contribution in [0, 0.1) is 0 Å². The van der Waals surface area contributed by atoms with Gasteiger partial charge in [-0.25, -0.2) is 4.79 Å². The summed E-state index contributed by atoms with van der Waals surface area (Å²) in [5.74, 6) is -3.40. The summed E-state index contributed by atoms with van der Waals surface area (Å²) in [7, 11) is 1.20. The first-order chi connectivity index (χ1) is 21.6. The lowest BCUT2D eigenvalue weighted by Gasteiger charge is -2.41. The molecular formula is C26H35BN4O14. The van der Waals surface area contributed by atoms with Crippen LogP contribution in [0.2, 0.25) is 0 Å². The molecule has 246 valence electrons. The van der Waals surface area contributed by atoms with Crippen LogP contribution >= 0.6 is 0 Å². The van der Waals surface area contributed by atoms with E-state index in [1.54, 1.807) is 0 Å². The van der Waals surface area contributed by atoms with Crippen LogP contribution in [0.1, 0.15) is 31.2 Å². The minimum Gasteiger partial charge on any atom is -0.479 e. The minimum absolute atomic E-state index is 0.0195. The molecule has 1 unspecified atom stereocenters. The third-order valence-corrected chi connectivity index (χ3v) is 6.34. The van der Waals surface area contributed by atoms with Crippen LogP contribution in [0.15, 0.2) is 18.2 Å². The number of hydrogen-bond acceptors (Lipinski definition) is 15. The first-order valence-corrected chi connectivity index (χ1v) is 13.7. The number of amides is 2. The summed E-state index contributed by atoms with van der Waals surface area (Å²) in [5.41, 5.74) is 11.7. The number of ether oxygens (including phenoxy) is 6. The molecule has 18 nitrogen and oxygen atoms in total. The lowest BCUT2D eigenvalue weighted by molar-refractivity contribution is -0.276. The summed E-state index contributed by atoms with van der Waals surface area (Å²) in [6, 6.07) is 3.38. The fraction of sp³-hybridized carbons (Fsp3) is 0.500. The van der Waals surface area contributed by atoms with Crippen LogP contribution in [0.25, 0.3) is 0 Å². The molecule has 1 saturated heterocycles. The van der Waals surface area contributed by atoms with Crippen molar-refractivity contribution in [2.24, 2.45) is 11.5 Å². The van der Waals surface area contributed by atoms with Crippen molar-refractivity contribution in [3.8, 4) is 5.75 Å². The number of carbonyl (C=O) groups excluding carboxylic acids is 6. The largest absolute Gasteiger partial charge is 0.479 e. The van der Waals surface area contributed by atoms with Crippen molar-refractivity contribution in [2.75, 3.05) is 18.4 Å². The van der Waals surface area contributed by atoms with Crippen LogP contribution in [0.5, 0.6) is 5.75 Å². The van der Waals surface area contributed by atoms with Gasteiger partial charge < -0.3 is 55.6 Å². The lowest BCUT2D eigenvalue weighted by Crippen LogP contribution is -2.63. The molecule has 1 aliphatic heterocycles. The monoisotopic (exact) mass is 638 g/mol. The number of rotatable bonds is 20. The van der Waals surface area contributed by atoms with Gasteiger partial charge in [-0.05, 0) is 37.1 Å². The Bertz CT molecular complexity index is 1200. The summed E-state index contributed by atoms with van der Waals surface area (Å²) in [5, 5.41) is 14.8. The van der Waals surface area contributed by atoms with E-state index in [4.69, 9.17) is 39.9 Å². The van der Waals surface area contributed by atoms with Gasteiger partial charge in [0.25, 0.3) is 19.4 Å². The summed E-state index contributed by atoms with van der Waals surface area (Å²) >= 11 is 0. The highest BCUT2D eigenvalue weighted by Crippen LogP contribution is 2.33.